The van der Waals surface area contributed by atoms with Crippen LogP contribution in [-0.2, 0) is 0 Å². The number of carbonyl (C=O) groups excluding carboxylic acids is 1. The summed E-state index contributed by atoms with van der Waals surface area (Å²) in [6, 6.07) is 5.26. The van der Waals surface area contributed by atoms with Crippen LogP contribution in [0.2, 0.25) is 0 Å². The van der Waals surface area contributed by atoms with Crippen LogP contribution in [0, 0.1) is 0 Å². The highest BCUT2D eigenvalue weighted by Crippen LogP contribution is 2.18. The van der Waals surface area contributed by atoms with Crippen LogP contribution in [0.3, 0.4) is 0 Å². The lowest BCUT2D eigenvalue weighted by molar-refractivity contribution is 0.0623. The Morgan fingerprint density at radius 1 is 1.15 bits per heavy atom. The summed E-state index contributed by atoms with van der Waals surface area (Å²) in [7, 11) is 0. The van der Waals surface area contributed by atoms with E-state index in [0.717, 1.165) is 6.07 Å². The van der Waals surface area contributed by atoms with Crippen LogP contribution in [0.25, 0.3) is 0 Å². The zero-order valence-electron chi connectivity index (χ0n) is 9.77. The highest BCUT2D eigenvalue weighted by Gasteiger charge is 2.27. The zero-order valence-corrected chi connectivity index (χ0v) is 9.77. The number of rotatable bonds is 4. The summed E-state index contributed by atoms with van der Waals surface area (Å²) in [6.45, 7) is 0. The largest absolute Gasteiger partial charge is 0.478 e. The molecule has 0 bridgehead atoms. The maximum atomic E-state index is 11.8. The molecule has 2 aromatic rings. The summed E-state index contributed by atoms with van der Waals surface area (Å²) in [4.78, 5) is 37.1. The van der Waals surface area contributed by atoms with Crippen molar-refractivity contribution in [3.8, 4) is 5.88 Å². The van der Waals surface area contributed by atoms with Gasteiger partial charge in [0.15, 0.2) is 0 Å². The van der Waals surface area contributed by atoms with Crippen molar-refractivity contribution < 1.29 is 33.8 Å². The van der Waals surface area contributed by atoms with Gasteiger partial charge in [0.25, 0.3) is 0 Å². The first-order valence-electron chi connectivity index (χ1n) is 5.22. The van der Waals surface area contributed by atoms with Gasteiger partial charge < -0.3 is 19.4 Å². The Bertz CT molecular complexity index is 674. The number of hydrogen-bond acceptors (Lipinski definition) is 6. The predicted octanol–water partition coefficient (Wildman–Crippen LogP) is 1.29. The topological polar surface area (TPSA) is 127 Å². The van der Waals surface area contributed by atoms with Crippen molar-refractivity contribution in [3.63, 3.8) is 0 Å². The van der Waals surface area contributed by atoms with E-state index in [-0.39, 0.29) is 5.88 Å². The van der Waals surface area contributed by atoms with Crippen LogP contribution >= 0.6 is 0 Å². The summed E-state index contributed by atoms with van der Waals surface area (Å²) in [6.07, 6.45) is 1.37. The molecule has 0 aliphatic carbocycles. The fraction of sp³-hybridized carbons (Fsp3) is 0. The molecule has 0 atom stereocenters. The lowest BCUT2D eigenvalue weighted by Gasteiger charge is -2.00. The maximum absolute atomic E-state index is 11.8. The molecule has 0 radical (unpaired) electrons. The van der Waals surface area contributed by atoms with Gasteiger partial charge in [0.05, 0.1) is 0 Å². The average molecular weight is 277 g/mol. The van der Waals surface area contributed by atoms with E-state index < -0.39 is 35.0 Å². The molecule has 102 valence electrons. The first-order chi connectivity index (χ1) is 9.49. The SMILES string of the molecule is O=C(O)c1cc(C(=O)O)c(C(=O)Oc2ccccn2)o1. The number of carbonyl (C=O) groups is 3. The van der Waals surface area contributed by atoms with Crippen LogP contribution in [0.4, 0.5) is 0 Å². The second-order valence-electron chi connectivity index (χ2n) is 3.52. The molecule has 0 aromatic carbocycles. The number of esters is 1. The van der Waals surface area contributed by atoms with Gasteiger partial charge in [-0.3, -0.25) is 0 Å². The van der Waals surface area contributed by atoms with E-state index in [9.17, 15) is 14.4 Å². The summed E-state index contributed by atoms with van der Waals surface area (Å²) in [5.41, 5.74) is -0.594. The molecule has 0 unspecified atom stereocenters. The first kappa shape index (κ1) is 13.3. The van der Waals surface area contributed by atoms with E-state index in [4.69, 9.17) is 14.9 Å². The molecule has 0 aliphatic rings. The van der Waals surface area contributed by atoms with Crippen molar-refractivity contribution in [2.75, 3.05) is 0 Å². The third-order valence-corrected chi connectivity index (χ3v) is 2.19. The summed E-state index contributed by atoms with van der Waals surface area (Å²) >= 11 is 0. The molecule has 2 rings (SSSR count). The minimum Gasteiger partial charge on any atom is -0.478 e. The minimum atomic E-state index is -1.51. The minimum absolute atomic E-state index is 0.0675. The zero-order chi connectivity index (χ0) is 14.7. The third-order valence-electron chi connectivity index (χ3n) is 2.19. The van der Waals surface area contributed by atoms with Crippen molar-refractivity contribution in [1.29, 1.82) is 0 Å². The number of hydrogen-bond donors (Lipinski definition) is 2. The van der Waals surface area contributed by atoms with Gasteiger partial charge in [-0.15, -0.1) is 0 Å². The molecular formula is C12H7NO7. The predicted molar refractivity (Wildman–Crippen MR) is 61.8 cm³/mol. The van der Waals surface area contributed by atoms with E-state index in [1.54, 1.807) is 12.1 Å². The molecule has 8 nitrogen and oxygen atoms in total. The van der Waals surface area contributed by atoms with E-state index in [2.05, 4.69) is 9.40 Å². The molecule has 0 saturated carbocycles. The number of carboxylic acid groups (broad SMARTS) is 2. The molecule has 0 saturated heterocycles. The van der Waals surface area contributed by atoms with E-state index in [1.807, 2.05) is 0 Å². The maximum Gasteiger partial charge on any atom is 0.381 e. The van der Waals surface area contributed by atoms with E-state index in [0.29, 0.717) is 0 Å². The number of pyridine rings is 1. The number of ether oxygens (including phenoxy) is 1. The van der Waals surface area contributed by atoms with Crippen LogP contribution in [0.5, 0.6) is 5.88 Å². The fourth-order valence-electron chi connectivity index (χ4n) is 1.36. The summed E-state index contributed by atoms with van der Waals surface area (Å²) in [5.74, 6) is -5.59. The summed E-state index contributed by atoms with van der Waals surface area (Å²) < 4.78 is 9.47. The Morgan fingerprint density at radius 3 is 2.45 bits per heavy atom. The Hall–Kier alpha value is -3.16. The number of carboxylic acids is 2. The second-order valence-corrected chi connectivity index (χ2v) is 3.52. The number of furan rings is 1. The molecule has 20 heavy (non-hydrogen) atoms. The molecule has 0 amide bonds. The molecule has 0 spiro atoms. The molecule has 0 aliphatic heterocycles. The third kappa shape index (κ3) is 2.64. The Morgan fingerprint density at radius 2 is 1.90 bits per heavy atom. The van der Waals surface area contributed by atoms with Gasteiger partial charge in [0, 0.05) is 18.3 Å². The lowest BCUT2D eigenvalue weighted by atomic mass is 10.2. The van der Waals surface area contributed by atoms with Crippen molar-refractivity contribution in [3.05, 3.63) is 47.5 Å². The second kappa shape index (κ2) is 5.22. The number of nitrogens with zero attached hydrogens (tertiary/aromatic N) is 1. The van der Waals surface area contributed by atoms with E-state index >= 15 is 0 Å². The molecule has 2 N–H and O–H groups in total. The van der Waals surface area contributed by atoms with Gasteiger partial charge in [-0.1, -0.05) is 6.07 Å². The average Bonchev–Trinajstić information content (AvgIpc) is 2.85. The van der Waals surface area contributed by atoms with Gasteiger partial charge in [0.1, 0.15) is 5.56 Å². The van der Waals surface area contributed by atoms with Crippen LogP contribution in [-0.4, -0.2) is 33.1 Å². The summed E-state index contributed by atoms with van der Waals surface area (Å²) in [5, 5.41) is 17.6. The van der Waals surface area contributed by atoms with Crippen LogP contribution < -0.4 is 4.74 Å². The van der Waals surface area contributed by atoms with Gasteiger partial charge in [-0.2, -0.15) is 0 Å². The van der Waals surface area contributed by atoms with Crippen LogP contribution in [0.15, 0.2) is 34.9 Å². The van der Waals surface area contributed by atoms with Gasteiger partial charge in [0.2, 0.25) is 17.4 Å². The molecule has 8 heteroatoms. The van der Waals surface area contributed by atoms with Crippen molar-refractivity contribution >= 4 is 17.9 Å². The normalized spacial score (nSPS) is 10.0. The monoisotopic (exact) mass is 277 g/mol. The van der Waals surface area contributed by atoms with Crippen LogP contribution in [0.1, 0.15) is 31.5 Å². The molecule has 2 heterocycles. The van der Waals surface area contributed by atoms with E-state index in [1.165, 1.54) is 12.3 Å². The molecule has 2 aromatic heterocycles. The lowest BCUT2D eigenvalue weighted by Crippen LogP contribution is -2.12. The standard InChI is InChI=1S/C12H7NO7/c14-10(15)6-5-7(11(16)17)19-9(6)12(18)20-8-3-1-2-4-13-8/h1-5H,(H,14,15)(H,16,17). The quantitative estimate of drug-likeness (QED) is 0.800. The van der Waals surface area contributed by atoms with Gasteiger partial charge >= 0.3 is 17.9 Å². The Balaban J connectivity index is 2.34. The van der Waals surface area contributed by atoms with Crippen molar-refractivity contribution in [2.24, 2.45) is 0 Å². The highest BCUT2D eigenvalue weighted by molar-refractivity contribution is 6.03. The molecular weight excluding hydrogens is 270 g/mol. The van der Waals surface area contributed by atoms with Gasteiger partial charge in [-0.05, 0) is 6.07 Å². The van der Waals surface area contributed by atoms with Crippen molar-refractivity contribution in [1.82, 2.24) is 4.98 Å². The number of aromatic carboxylic acids is 2. The first-order valence-corrected chi connectivity index (χ1v) is 5.22. The fourth-order valence-corrected chi connectivity index (χ4v) is 1.36. The number of aromatic nitrogens is 1. The Labute approximate surface area is 111 Å². The van der Waals surface area contributed by atoms with Crippen molar-refractivity contribution in [2.45, 2.75) is 0 Å². The highest BCUT2D eigenvalue weighted by atomic mass is 16.6. The molecule has 0 fully saturated rings. The Kier molecular flexibility index (Phi) is 3.47. The smallest absolute Gasteiger partial charge is 0.381 e. The van der Waals surface area contributed by atoms with Gasteiger partial charge in [-0.25, -0.2) is 19.4 Å².